The maximum atomic E-state index is 13.7. The highest BCUT2D eigenvalue weighted by molar-refractivity contribution is 6.32. The van der Waals surface area contributed by atoms with Crippen LogP contribution in [-0.2, 0) is 4.79 Å². The van der Waals surface area contributed by atoms with Crippen LogP contribution in [0.4, 0.5) is 10.1 Å². The van der Waals surface area contributed by atoms with E-state index in [-0.39, 0.29) is 28.9 Å². The second kappa shape index (κ2) is 13.7. The summed E-state index contributed by atoms with van der Waals surface area (Å²) in [7, 11) is 0. The Morgan fingerprint density at radius 2 is 1.84 bits per heavy atom. The smallest absolute Gasteiger partial charge is 0.282 e. The Morgan fingerprint density at radius 1 is 1.04 bits per heavy atom. The summed E-state index contributed by atoms with van der Waals surface area (Å²) in [5, 5.41) is 7.81. The zero-order chi connectivity index (χ0) is 32.1. The highest BCUT2D eigenvalue weighted by Crippen LogP contribution is 2.34. The Hall–Kier alpha value is -5.02. The van der Waals surface area contributed by atoms with Crippen LogP contribution < -0.4 is 20.3 Å². The number of rotatable bonds is 10. The van der Waals surface area contributed by atoms with Gasteiger partial charge < -0.3 is 14.8 Å². The number of para-hydroxylation sites is 1. The highest BCUT2D eigenvalue weighted by atomic mass is 35.5. The van der Waals surface area contributed by atoms with Gasteiger partial charge in [-0.1, -0.05) is 43.6 Å². The number of carbonyl (C=O) groups excluding carboxylic acids is 1. The Balaban J connectivity index is 1.45. The van der Waals surface area contributed by atoms with Crippen molar-refractivity contribution in [2.45, 2.75) is 33.6 Å². The van der Waals surface area contributed by atoms with E-state index >= 15 is 0 Å². The monoisotopic (exact) mass is 626 g/mol. The Morgan fingerprint density at radius 3 is 2.58 bits per heavy atom. The van der Waals surface area contributed by atoms with Crippen molar-refractivity contribution in [3.63, 3.8) is 0 Å². The van der Waals surface area contributed by atoms with Gasteiger partial charge >= 0.3 is 0 Å². The lowest BCUT2D eigenvalue weighted by Crippen LogP contribution is -2.21. The molecule has 5 rings (SSSR count). The van der Waals surface area contributed by atoms with Crippen LogP contribution in [0.15, 0.2) is 88.8 Å². The number of ether oxygens (including phenoxy) is 2. The number of halogens is 2. The van der Waals surface area contributed by atoms with Gasteiger partial charge in [0.25, 0.3) is 11.5 Å². The second-order valence-electron chi connectivity index (χ2n) is 10.6. The largest absolute Gasteiger partial charge is 0.494 e. The van der Waals surface area contributed by atoms with Crippen molar-refractivity contribution in [2.24, 2.45) is 5.10 Å². The first-order valence-electron chi connectivity index (χ1n) is 14.5. The standard InChI is InChI=1S/C35H32ClFN4O4/c1-5-44-32-15-22(4)28(18-27(32)21(2)3)34-40-30-12-7-6-11-26(30)35(43)41(34)38-19-23-13-14-31(29(36)16-23)45-20-33(42)39-25-10-8-9-24(37)17-25/h6-19,21H,5,20H2,1-4H3,(H,39,42). The number of nitrogens with zero attached hydrogens (tertiary/aromatic N) is 3. The molecule has 1 aromatic heterocycles. The van der Waals surface area contributed by atoms with Crippen molar-refractivity contribution in [1.82, 2.24) is 9.66 Å². The minimum atomic E-state index is -0.469. The summed E-state index contributed by atoms with van der Waals surface area (Å²) in [6.07, 6.45) is 1.51. The topological polar surface area (TPSA) is 94.8 Å². The predicted octanol–water partition coefficient (Wildman–Crippen LogP) is 7.59. The molecule has 45 heavy (non-hydrogen) atoms. The van der Waals surface area contributed by atoms with Crippen molar-refractivity contribution in [2.75, 3.05) is 18.5 Å². The molecule has 0 bridgehead atoms. The van der Waals surface area contributed by atoms with Crippen LogP contribution >= 0.6 is 11.6 Å². The lowest BCUT2D eigenvalue weighted by Gasteiger charge is -2.18. The molecular weight excluding hydrogens is 595 g/mol. The molecule has 0 aliphatic carbocycles. The molecule has 0 saturated carbocycles. The van der Waals surface area contributed by atoms with Crippen LogP contribution in [0.5, 0.6) is 11.5 Å². The average molecular weight is 627 g/mol. The van der Waals surface area contributed by atoms with Gasteiger partial charge in [-0.15, -0.1) is 0 Å². The van der Waals surface area contributed by atoms with Gasteiger partial charge in [0, 0.05) is 11.3 Å². The molecule has 230 valence electrons. The number of aryl methyl sites for hydroxylation is 1. The maximum Gasteiger partial charge on any atom is 0.282 e. The molecule has 0 unspecified atom stereocenters. The van der Waals surface area contributed by atoms with Crippen LogP contribution in [-0.4, -0.2) is 35.0 Å². The number of hydrogen-bond acceptors (Lipinski definition) is 6. The molecule has 4 aromatic carbocycles. The van der Waals surface area contributed by atoms with Crippen LogP contribution in [0.3, 0.4) is 0 Å². The quantitative estimate of drug-likeness (QED) is 0.161. The molecule has 10 heteroatoms. The molecule has 0 fully saturated rings. The van der Waals surface area contributed by atoms with Gasteiger partial charge in [-0.25, -0.2) is 9.37 Å². The van der Waals surface area contributed by atoms with Gasteiger partial charge in [-0.3, -0.25) is 9.59 Å². The number of aromatic nitrogens is 2. The molecule has 0 aliphatic heterocycles. The predicted molar refractivity (Wildman–Crippen MR) is 176 cm³/mol. The van der Waals surface area contributed by atoms with E-state index in [0.29, 0.717) is 34.6 Å². The van der Waals surface area contributed by atoms with E-state index in [0.717, 1.165) is 22.4 Å². The summed E-state index contributed by atoms with van der Waals surface area (Å²) in [6.45, 7) is 8.28. The van der Waals surface area contributed by atoms with E-state index in [1.165, 1.54) is 29.1 Å². The summed E-state index contributed by atoms with van der Waals surface area (Å²) >= 11 is 6.46. The zero-order valence-electron chi connectivity index (χ0n) is 25.3. The molecule has 1 amide bonds. The molecule has 8 nitrogen and oxygen atoms in total. The molecule has 0 atom stereocenters. The number of hydrogen-bond donors (Lipinski definition) is 1. The van der Waals surface area contributed by atoms with Gasteiger partial charge in [0.1, 0.15) is 17.3 Å². The Kier molecular flexibility index (Phi) is 9.59. The fraction of sp³-hybridized carbons (Fsp3) is 0.200. The van der Waals surface area contributed by atoms with Gasteiger partial charge in [0.05, 0.1) is 28.7 Å². The first kappa shape index (κ1) is 31.4. The summed E-state index contributed by atoms with van der Waals surface area (Å²) < 4.78 is 26.2. The van der Waals surface area contributed by atoms with E-state index in [4.69, 9.17) is 26.1 Å². The third kappa shape index (κ3) is 7.21. The number of nitrogens with one attached hydrogen (secondary N) is 1. The van der Waals surface area contributed by atoms with Crippen molar-refractivity contribution >= 4 is 40.3 Å². The molecular formula is C35H32ClFN4O4. The van der Waals surface area contributed by atoms with Crippen molar-refractivity contribution in [3.8, 4) is 22.9 Å². The van der Waals surface area contributed by atoms with E-state index in [9.17, 15) is 14.0 Å². The third-order valence-corrected chi connectivity index (χ3v) is 7.31. The average Bonchev–Trinajstić information content (AvgIpc) is 3.00. The van der Waals surface area contributed by atoms with Crippen LogP contribution in [0.2, 0.25) is 5.02 Å². The number of anilines is 1. The van der Waals surface area contributed by atoms with Crippen LogP contribution in [0, 0.1) is 12.7 Å². The van der Waals surface area contributed by atoms with E-state index in [1.54, 1.807) is 42.5 Å². The molecule has 1 heterocycles. The fourth-order valence-corrected chi connectivity index (χ4v) is 5.06. The van der Waals surface area contributed by atoms with E-state index < -0.39 is 11.7 Å². The Labute approximate surface area is 265 Å². The minimum Gasteiger partial charge on any atom is -0.494 e. The zero-order valence-corrected chi connectivity index (χ0v) is 26.1. The Bertz CT molecular complexity index is 1970. The first-order valence-corrected chi connectivity index (χ1v) is 14.8. The fourth-order valence-electron chi connectivity index (χ4n) is 4.82. The van der Waals surface area contributed by atoms with Gasteiger partial charge in [-0.05, 0) is 97.1 Å². The van der Waals surface area contributed by atoms with E-state index in [1.807, 2.05) is 32.0 Å². The maximum absolute atomic E-state index is 13.7. The van der Waals surface area contributed by atoms with Gasteiger partial charge in [0.15, 0.2) is 12.4 Å². The third-order valence-electron chi connectivity index (χ3n) is 7.02. The second-order valence-corrected chi connectivity index (χ2v) is 11.1. The van der Waals surface area contributed by atoms with Gasteiger partial charge in [0.2, 0.25) is 0 Å². The molecule has 0 radical (unpaired) electrons. The summed E-state index contributed by atoms with van der Waals surface area (Å²) in [5.41, 5.74) is 3.81. The first-order chi connectivity index (χ1) is 21.6. The van der Waals surface area contributed by atoms with Crippen molar-refractivity contribution in [3.05, 3.63) is 117 Å². The van der Waals surface area contributed by atoms with Crippen molar-refractivity contribution in [1.29, 1.82) is 0 Å². The van der Waals surface area contributed by atoms with Gasteiger partial charge in [-0.2, -0.15) is 9.78 Å². The van der Waals surface area contributed by atoms with Crippen LogP contribution in [0.25, 0.3) is 22.3 Å². The van der Waals surface area contributed by atoms with Crippen LogP contribution in [0.1, 0.15) is 43.4 Å². The molecule has 0 saturated heterocycles. The lowest BCUT2D eigenvalue weighted by molar-refractivity contribution is -0.118. The molecule has 5 aromatic rings. The molecule has 0 aliphatic rings. The molecule has 0 spiro atoms. The summed E-state index contributed by atoms with van der Waals surface area (Å²) in [4.78, 5) is 30.9. The van der Waals surface area contributed by atoms with E-state index in [2.05, 4.69) is 24.3 Å². The number of carbonyl (C=O) groups is 1. The highest BCUT2D eigenvalue weighted by Gasteiger charge is 2.18. The minimum absolute atomic E-state index is 0.172. The summed E-state index contributed by atoms with van der Waals surface area (Å²) in [5.74, 6) is 0.717. The lowest BCUT2D eigenvalue weighted by atomic mass is 9.96. The number of benzene rings is 4. The molecule has 1 N–H and O–H groups in total. The van der Waals surface area contributed by atoms with Crippen molar-refractivity contribution < 1.29 is 18.7 Å². The SMILES string of the molecule is CCOc1cc(C)c(-c2nc3ccccc3c(=O)n2N=Cc2ccc(OCC(=O)Nc3cccc(F)c3)c(Cl)c2)cc1C(C)C. The number of amides is 1. The normalized spacial score (nSPS) is 11.4. The summed E-state index contributed by atoms with van der Waals surface area (Å²) in [6, 6.07) is 21.6. The number of fused-ring (bicyclic) bond motifs is 1.